The van der Waals surface area contributed by atoms with E-state index in [1.807, 2.05) is 18.2 Å². The van der Waals surface area contributed by atoms with E-state index in [4.69, 9.17) is 0 Å². The molecule has 1 aromatic carbocycles. The van der Waals surface area contributed by atoms with Gasteiger partial charge in [-0.25, -0.2) is 0 Å². The number of fused-ring (bicyclic) bond motifs is 3. The molecule has 0 radical (unpaired) electrons. The van der Waals surface area contributed by atoms with Gasteiger partial charge < -0.3 is 20.3 Å². The SMILES string of the molecule is O=C(N[C@H]1CN2CCC1CC2)c1ccc(-c2ccccc2O)[nH]1. The Morgan fingerprint density at radius 1 is 1.17 bits per heavy atom. The molecule has 0 aliphatic carbocycles. The highest BCUT2D eigenvalue weighted by molar-refractivity contribution is 5.93. The van der Waals surface area contributed by atoms with Crippen LogP contribution in [-0.4, -0.2) is 46.6 Å². The van der Waals surface area contributed by atoms with Crippen molar-refractivity contribution in [3.05, 3.63) is 42.1 Å². The zero-order chi connectivity index (χ0) is 15.8. The van der Waals surface area contributed by atoms with Crippen molar-refractivity contribution < 1.29 is 9.90 Å². The van der Waals surface area contributed by atoms with Gasteiger partial charge in [-0.1, -0.05) is 12.1 Å². The van der Waals surface area contributed by atoms with Crippen molar-refractivity contribution in [2.75, 3.05) is 19.6 Å². The Morgan fingerprint density at radius 3 is 2.65 bits per heavy atom. The van der Waals surface area contributed by atoms with E-state index in [9.17, 15) is 9.90 Å². The zero-order valence-corrected chi connectivity index (χ0v) is 13.0. The number of hydrogen-bond donors (Lipinski definition) is 3. The Balaban J connectivity index is 1.48. The van der Waals surface area contributed by atoms with E-state index in [-0.39, 0.29) is 17.7 Å². The number of carbonyl (C=O) groups excluding carboxylic acids is 1. The summed E-state index contributed by atoms with van der Waals surface area (Å²) in [7, 11) is 0. The fourth-order valence-electron chi connectivity index (χ4n) is 3.76. The lowest BCUT2D eigenvalue weighted by Crippen LogP contribution is -2.57. The average molecular weight is 311 g/mol. The third kappa shape index (κ3) is 2.72. The molecule has 3 fully saturated rings. The number of rotatable bonds is 3. The van der Waals surface area contributed by atoms with Crippen LogP contribution < -0.4 is 5.32 Å². The summed E-state index contributed by atoms with van der Waals surface area (Å²) in [6, 6.07) is 11.0. The van der Waals surface area contributed by atoms with Crippen LogP contribution in [0, 0.1) is 5.92 Å². The van der Waals surface area contributed by atoms with E-state index in [1.54, 1.807) is 18.2 Å². The summed E-state index contributed by atoms with van der Waals surface area (Å²) in [4.78, 5) is 18.0. The molecule has 1 amide bonds. The number of nitrogens with zero attached hydrogens (tertiary/aromatic N) is 1. The first-order valence-corrected chi connectivity index (χ1v) is 8.21. The van der Waals surface area contributed by atoms with Gasteiger partial charge in [0.25, 0.3) is 5.91 Å². The summed E-state index contributed by atoms with van der Waals surface area (Å²) in [5.74, 6) is 0.751. The lowest BCUT2D eigenvalue weighted by Gasteiger charge is -2.44. The smallest absolute Gasteiger partial charge is 0.267 e. The molecule has 3 N–H and O–H groups in total. The van der Waals surface area contributed by atoms with E-state index in [0.29, 0.717) is 17.2 Å². The maximum atomic E-state index is 12.5. The van der Waals surface area contributed by atoms with Gasteiger partial charge in [0.15, 0.2) is 0 Å². The van der Waals surface area contributed by atoms with Crippen molar-refractivity contribution in [3.8, 4) is 17.0 Å². The van der Waals surface area contributed by atoms with Crippen molar-refractivity contribution in [3.63, 3.8) is 0 Å². The molecule has 120 valence electrons. The van der Waals surface area contributed by atoms with E-state index >= 15 is 0 Å². The molecule has 2 aromatic rings. The molecule has 0 saturated carbocycles. The molecule has 2 bridgehead atoms. The normalized spacial score (nSPS) is 26.2. The Morgan fingerprint density at radius 2 is 1.96 bits per heavy atom. The van der Waals surface area contributed by atoms with Gasteiger partial charge in [-0.15, -0.1) is 0 Å². The van der Waals surface area contributed by atoms with Gasteiger partial charge in [0.2, 0.25) is 0 Å². The summed E-state index contributed by atoms with van der Waals surface area (Å²) >= 11 is 0. The number of aromatic hydroxyl groups is 1. The second-order valence-electron chi connectivity index (χ2n) is 6.52. The molecular formula is C18H21N3O2. The predicted octanol–water partition coefficient (Wildman–Crippen LogP) is 2.21. The molecule has 5 heteroatoms. The van der Waals surface area contributed by atoms with Gasteiger partial charge in [0.1, 0.15) is 11.4 Å². The number of phenols is 1. The van der Waals surface area contributed by atoms with Crippen LogP contribution in [0.1, 0.15) is 23.3 Å². The van der Waals surface area contributed by atoms with Crippen molar-refractivity contribution in [1.82, 2.24) is 15.2 Å². The lowest BCUT2D eigenvalue weighted by molar-refractivity contribution is 0.0618. The fraction of sp³-hybridized carbons (Fsp3) is 0.389. The van der Waals surface area contributed by atoms with E-state index < -0.39 is 0 Å². The number of amides is 1. The number of phenolic OH excluding ortho intramolecular Hbond substituents is 1. The lowest BCUT2D eigenvalue weighted by atomic mass is 9.84. The van der Waals surface area contributed by atoms with Crippen molar-refractivity contribution >= 4 is 5.91 Å². The molecule has 1 aromatic heterocycles. The fourth-order valence-corrected chi connectivity index (χ4v) is 3.76. The van der Waals surface area contributed by atoms with Gasteiger partial charge in [0, 0.05) is 23.8 Å². The standard InChI is InChI=1S/C18H21N3O2/c22-17-4-2-1-3-13(17)14-5-6-15(19-14)18(23)20-16-11-21-9-7-12(16)8-10-21/h1-6,12,16,19,22H,7-11H2,(H,20,23)/t16-/m0/s1. The molecule has 0 unspecified atom stereocenters. The number of piperidine rings is 3. The van der Waals surface area contributed by atoms with Gasteiger partial charge in [-0.05, 0) is 56.1 Å². The van der Waals surface area contributed by atoms with Crippen molar-refractivity contribution in [2.24, 2.45) is 5.92 Å². The first-order chi connectivity index (χ1) is 11.2. The van der Waals surface area contributed by atoms with Gasteiger partial charge in [0.05, 0.1) is 0 Å². The maximum absolute atomic E-state index is 12.5. The quantitative estimate of drug-likeness (QED) is 0.814. The highest BCUT2D eigenvalue weighted by atomic mass is 16.3. The summed E-state index contributed by atoms with van der Waals surface area (Å²) in [5, 5.41) is 13.1. The summed E-state index contributed by atoms with van der Waals surface area (Å²) in [6.45, 7) is 3.29. The Kier molecular flexibility index (Phi) is 3.58. The molecule has 5 nitrogen and oxygen atoms in total. The zero-order valence-electron chi connectivity index (χ0n) is 13.0. The van der Waals surface area contributed by atoms with Crippen LogP contribution in [0.5, 0.6) is 5.75 Å². The Bertz CT molecular complexity index is 717. The van der Waals surface area contributed by atoms with Gasteiger partial charge in [-0.3, -0.25) is 4.79 Å². The van der Waals surface area contributed by atoms with Crippen molar-refractivity contribution in [1.29, 1.82) is 0 Å². The third-order valence-corrected chi connectivity index (χ3v) is 5.10. The van der Waals surface area contributed by atoms with Crippen LogP contribution in [0.3, 0.4) is 0 Å². The second-order valence-corrected chi connectivity index (χ2v) is 6.52. The van der Waals surface area contributed by atoms with Crippen LogP contribution in [0.15, 0.2) is 36.4 Å². The molecule has 0 spiro atoms. The summed E-state index contributed by atoms with van der Waals surface area (Å²) in [6.07, 6.45) is 2.36. The minimum absolute atomic E-state index is 0.0644. The molecule has 3 aliphatic rings. The highest BCUT2D eigenvalue weighted by Gasteiger charge is 2.35. The predicted molar refractivity (Wildman–Crippen MR) is 88.3 cm³/mol. The topological polar surface area (TPSA) is 68.4 Å². The highest BCUT2D eigenvalue weighted by Crippen LogP contribution is 2.29. The van der Waals surface area contributed by atoms with E-state index in [0.717, 1.165) is 25.3 Å². The molecule has 3 saturated heterocycles. The number of H-pyrrole nitrogens is 1. The minimum atomic E-state index is -0.0644. The van der Waals surface area contributed by atoms with Crippen LogP contribution in [0.4, 0.5) is 0 Å². The van der Waals surface area contributed by atoms with Crippen LogP contribution >= 0.6 is 0 Å². The number of nitrogens with one attached hydrogen (secondary N) is 2. The first-order valence-electron chi connectivity index (χ1n) is 8.21. The number of benzene rings is 1. The van der Waals surface area contributed by atoms with Crippen LogP contribution in [0.25, 0.3) is 11.3 Å². The molecule has 1 atom stereocenters. The molecular weight excluding hydrogens is 290 g/mol. The maximum Gasteiger partial charge on any atom is 0.267 e. The monoisotopic (exact) mass is 311 g/mol. The van der Waals surface area contributed by atoms with Crippen LogP contribution in [0.2, 0.25) is 0 Å². The molecule has 5 rings (SSSR count). The molecule has 4 heterocycles. The second kappa shape index (κ2) is 5.74. The third-order valence-electron chi connectivity index (χ3n) is 5.10. The number of para-hydroxylation sites is 1. The van der Waals surface area contributed by atoms with Gasteiger partial charge >= 0.3 is 0 Å². The number of aromatic amines is 1. The Labute approximate surface area is 135 Å². The van der Waals surface area contributed by atoms with Crippen molar-refractivity contribution in [2.45, 2.75) is 18.9 Å². The van der Waals surface area contributed by atoms with E-state index in [1.165, 1.54) is 12.8 Å². The average Bonchev–Trinajstić information content (AvgIpc) is 3.06. The summed E-state index contributed by atoms with van der Waals surface area (Å²) < 4.78 is 0. The summed E-state index contributed by atoms with van der Waals surface area (Å²) in [5.41, 5.74) is 2.00. The van der Waals surface area contributed by atoms with Crippen LogP contribution in [-0.2, 0) is 0 Å². The minimum Gasteiger partial charge on any atom is -0.507 e. The first kappa shape index (κ1) is 14.3. The van der Waals surface area contributed by atoms with Gasteiger partial charge in [-0.2, -0.15) is 0 Å². The molecule has 23 heavy (non-hydrogen) atoms. The largest absolute Gasteiger partial charge is 0.507 e. The Hall–Kier alpha value is -2.27. The number of aromatic nitrogens is 1. The number of hydrogen-bond acceptors (Lipinski definition) is 3. The molecule has 3 aliphatic heterocycles. The number of carbonyl (C=O) groups is 1. The van der Waals surface area contributed by atoms with E-state index in [2.05, 4.69) is 15.2 Å².